The molecule has 2 aromatic heterocycles. The van der Waals surface area contributed by atoms with Crippen LogP contribution in [-0.2, 0) is 13.0 Å². The van der Waals surface area contributed by atoms with Gasteiger partial charge in [-0.05, 0) is 24.0 Å². The topological polar surface area (TPSA) is 58.0 Å². The van der Waals surface area contributed by atoms with Gasteiger partial charge in [0.15, 0.2) is 0 Å². The number of fused-ring (bicyclic) bond motifs is 3. The normalized spacial score (nSPS) is 17.3. The van der Waals surface area contributed by atoms with E-state index in [2.05, 4.69) is 58.1 Å². The van der Waals surface area contributed by atoms with Gasteiger partial charge in [-0.25, -0.2) is 0 Å². The molecular weight excluding hydrogens is 348 g/mol. The zero-order valence-electron chi connectivity index (χ0n) is 16.2. The third-order valence-corrected chi connectivity index (χ3v) is 5.65. The van der Waals surface area contributed by atoms with Gasteiger partial charge >= 0.3 is 0 Å². The summed E-state index contributed by atoms with van der Waals surface area (Å²) in [7, 11) is 0. The molecule has 0 radical (unpaired) electrons. The minimum Gasteiger partial charge on any atom is -0.357 e. The monoisotopic (exact) mass is 372 g/mol. The van der Waals surface area contributed by atoms with Crippen molar-refractivity contribution in [3.8, 4) is 11.4 Å². The fraction of sp³-hybridized carbons (Fsp3) is 0.304. The SMILES string of the molecule is CC(C)C1c2[nH]c3ccccc3c2CCN1Cc1nc(-c2ccccc2)no1. The van der Waals surface area contributed by atoms with Crippen molar-refractivity contribution in [3.05, 3.63) is 71.7 Å². The first-order chi connectivity index (χ1) is 13.7. The molecule has 5 rings (SSSR count). The predicted molar refractivity (Wildman–Crippen MR) is 110 cm³/mol. The van der Waals surface area contributed by atoms with Gasteiger partial charge in [-0.2, -0.15) is 4.98 Å². The molecule has 142 valence electrons. The fourth-order valence-electron chi connectivity index (χ4n) is 4.45. The van der Waals surface area contributed by atoms with Gasteiger partial charge in [-0.15, -0.1) is 0 Å². The standard InChI is InChI=1S/C23H24N4O/c1-15(2)22-21-18(17-10-6-7-11-19(17)24-21)12-13-27(22)14-20-25-23(26-28-20)16-8-4-3-5-9-16/h3-11,15,22,24H,12-14H2,1-2H3. The molecule has 0 spiro atoms. The molecular formula is C23H24N4O. The zero-order chi connectivity index (χ0) is 19.1. The Morgan fingerprint density at radius 3 is 2.71 bits per heavy atom. The Morgan fingerprint density at radius 1 is 1.11 bits per heavy atom. The molecule has 5 heteroatoms. The summed E-state index contributed by atoms with van der Waals surface area (Å²) in [6.07, 6.45) is 1.03. The van der Waals surface area contributed by atoms with Crippen LogP contribution in [-0.4, -0.2) is 26.6 Å². The maximum atomic E-state index is 5.58. The Morgan fingerprint density at radius 2 is 1.89 bits per heavy atom. The molecule has 0 saturated heterocycles. The van der Waals surface area contributed by atoms with Crippen LogP contribution in [0.25, 0.3) is 22.3 Å². The number of nitrogens with one attached hydrogen (secondary N) is 1. The average molecular weight is 372 g/mol. The van der Waals surface area contributed by atoms with Crippen molar-refractivity contribution in [1.82, 2.24) is 20.0 Å². The summed E-state index contributed by atoms with van der Waals surface area (Å²) in [5.74, 6) is 1.80. The van der Waals surface area contributed by atoms with Gasteiger partial charge in [0.25, 0.3) is 0 Å². The van der Waals surface area contributed by atoms with Crippen LogP contribution in [0.3, 0.4) is 0 Å². The Balaban J connectivity index is 1.45. The lowest BCUT2D eigenvalue weighted by atomic mass is 9.90. The molecule has 1 atom stereocenters. The number of rotatable bonds is 4. The van der Waals surface area contributed by atoms with Gasteiger partial charge in [0.2, 0.25) is 11.7 Å². The van der Waals surface area contributed by atoms with Crippen molar-refractivity contribution in [1.29, 1.82) is 0 Å². The molecule has 0 aliphatic carbocycles. The highest BCUT2D eigenvalue weighted by Crippen LogP contribution is 2.39. The summed E-state index contributed by atoms with van der Waals surface area (Å²) in [4.78, 5) is 10.8. The lowest BCUT2D eigenvalue weighted by Crippen LogP contribution is -2.37. The maximum absolute atomic E-state index is 5.58. The number of benzene rings is 2. The molecule has 1 unspecified atom stereocenters. The van der Waals surface area contributed by atoms with E-state index >= 15 is 0 Å². The van der Waals surface area contributed by atoms with Crippen molar-refractivity contribution in [2.75, 3.05) is 6.54 Å². The van der Waals surface area contributed by atoms with Gasteiger partial charge in [0, 0.05) is 28.7 Å². The predicted octanol–water partition coefficient (Wildman–Crippen LogP) is 4.97. The number of nitrogens with zero attached hydrogens (tertiary/aromatic N) is 3. The molecule has 1 N–H and O–H groups in total. The van der Waals surface area contributed by atoms with Gasteiger partial charge in [-0.3, -0.25) is 4.90 Å². The van der Waals surface area contributed by atoms with Gasteiger partial charge in [-0.1, -0.05) is 67.5 Å². The van der Waals surface area contributed by atoms with Crippen LogP contribution >= 0.6 is 0 Å². The molecule has 0 bridgehead atoms. The number of para-hydroxylation sites is 1. The molecule has 1 aliphatic rings. The van der Waals surface area contributed by atoms with Gasteiger partial charge in [0.05, 0.1) is 12.6 Å². The largest absolute Gasteiger partial charge is 0.357 e. The second-order valence-electron chi connectivity index (χ2n) is 7.85. The molecule has 0 amide bonds. The van der Waals surface area contributed by atoms with E-state index in [-0.39, 0.29) is 0 Å². The van der Waals surface area contributed by atoms with Crippen molar-refractivity contribution < 1.29 is 4.52 Å². The van der Waals surface area contributed by atoms with E-state index in [9.17, 15) is 0 Å². The highest BCUT2D eigenvalue weighted by atomic mass is 16.5. The summed E-state index contributed by atoms with van der Waals surface area (Å²) >= 11 is 0. The highest BCUT2D eigenvalue weighted by Gasteiger charge is 2.33. The van der Waals surface area contributed by atoms with Crippen LogP contribution in [0.4, 0.5) is 0 Å². The Hall–Kier alpha value is -2.92. The van der Waals surface area contributed by atoms with Gasteiger partial charge in [0.1, 0.15) is 0 Å². The summed E-state index contributed by atoms with van der Waals surface area (Å²) in [6, 6.07) is 18.9. The van der Waals surface area contributed by atoms with Crippen molar-refractivity contribution >= 4 is 10.9 Å². The van der Waals surface area contributed by atoms with Crippen LogP contribution in [0.1, 0.15) is 37.0 Å². The molecule has 3 heterocycles. The van der Waals surface area contributed by atoms with Crippen LogP contribution < -0.4 is 0 Å². The van der Waals surface area contributed by atoms with E-state index in [4.69, 9.17) is 4.52 Å². The minimum absolute atomic E-state index is 0.309. The highest BCUT2D eigenvalue weighted by molar-refractivity contribution is 5.85. The van der Waals surface area contributed by atoms with Gasteiger partial charge < -0.3 is 9.51 Å². The van der Waals surface area contributed by atoms with E-state index in [1.54, 1.807) is 0 Å². The quantitative estimate of drug-likeness (QED) is 0.549. The average Bonchev–Trinajstić information content (AvgIpc) is 3.32. The third-order valence-electron chi connectivity index (χ3n) is 5.65. The third kappa shape index (κ3) is 2.92. The lowest BCUT2D eigenvalue weighted by molar-refractivity contribution is 0.117. The maximum Gasteiger partial charge on any atom is 0.241 e. The minimum atomic E-state index is 0.309. The van der Waals surface area contributed by atoms with E-state index in [0.717, 1.165) is 18.5 Å². The van der Waals surface area contributed by atoms with Crippen LogP contribution in [0.15, 0.2) is 59.1 Å². The first-order valence-corrected chi connectivity index (χ1v) is 9.92. The Kier molecular flexibility index (Phi) is 4.24. The van der Waals surface area contributed by atoms with Crippen LogP contribution in [0.5, 0.6) is 0 Å². The number of aromatic nitrogens is 3. The summed E-state index contributed by atoms with van der Waals surface area (Å²) in [6.45, 7) is 6.21. The summed E-state index contributed by atoms with van der Waals surface area (Å²) in [5, 5.41) is 5.53. The van der Waals surface area contributed by atoms with E-state index < -0.39 is 0 Å². The van der Waals surface area contributed by atoms with Crippen LogP contribution in [0, 0.1) is 5.92 Å². The van der Waals surface area contributed by atoms with E-state index in [1.807, 2.05) is 30.3 Å². The summed E-state index contributed by atoms with van der Waals surface area (Å²) < 4.78 is 5.58. The summed E-state index contributed by atoms with van der Waals surface area (Å²) in [5.41, 5.74) is 5.00. The lowest BCUT2D eigenvalue weighted by Gasteiger charge is -2.37. The second-order valence-corrected chi connectivity index (χ2v) is 7.85. The molecule has 0 saturated carbocycles. The number of aromatic amines is 1. The molecule has 2 aromatic carbocycles. The number of hydrogen-bond donors (Lipinski definition) is 1. The van der Waals surface area contributed by atoms with E-state index in [0.29, 0.717) is 30.2 Å². The van der Waals surface area contributed by atoms with E-state index in [1.165, 1.54) is 22.2 Å². The molecule has 5 nitrogen and oxygen atoms in total. The molecule has 0 fully saturated rings. The second kappa shape index (κ2) is 6.91. The fourth-order valence-corrected chi connectivity index (χ4v) is 4.45. The van der Waals surface area contributed by atoms with Crippen molar-refractivity contribution in [2.24, 2.45) is 5.92 Å². The molecule has 28 heavy (non-hydrogen) atoms. The molecule has 4 aromatic rings. The zero-order valence-corrected chi connectivity index (χ0v) is 16.2. The number of hydrogen-bond acceptors (Lipinski definition) is 4. The Labute approximate surface area is 164 Å². The first-order valence-electron chi connectivity index (χ1n) is 9.92. The van der Waals surface area contributed by atoms with Crippen molar-refractivity contribution in [2.45, 2.75) is 32.9 Å². The number of H-pyrrole nitrogens is 1. The Bertz CT molecular complexity index is 1100. The first kappa shape index (κ1) is 17.2. The molecule has 1 aliphatic heterocycles. The smallest absolute Gasteiger partial charge is 0.241 e. The van der Waals surface area contributed by atoms with Crippen LogP contribution in [0.2, 0.25) is 0 Å². The van der Waals surface area contributed by atoms with Crippen molar-refractivity contribution in [3.63, 3.8) is 0 Å².